The molecule has 0 radical (unpaired) electrons. The van der Waals surface area contributed by atoms with Crippen molar-refractivity contribution in [1.29, 1.82) is 26.3 Å². The van der Waals surface area contributed by atoms with Crippen molar-refractivity contribution in [1.82, 2.24) is 4.90 Å². The maximum absolute atomic E-state index is 8.37. The van der Waals surface area contributed by atoms with E-state index in [1.165, 1.54) is 30.6 Å². The average molecular weight is 156 g/mol. The van der Waals surface area contributed by atoms with Crippen molar-refractivity contribution in [3.05, 3.63) is 0 Å². The van der Waals surface area contributed by atoms with Crippen LogP contribution in [-0.4, -0.2) is 10.4 Å². The zero-order chi connectivity index (χ0) is 9.61. The Morgan fingerprint density at radius 2 is 1.08 bits per heavy atom. The first-order valence-electron chi connectivity index (χ1n) is 2.54. The first-order valence-corrected chi connectivity index (χ1v) is 2.54. The molecule has 0 fully saturated rings. The predicted molar refractivity (Wildman–Crippen MR) is 32.6 cm³/mol. The van der Waals surface area contributed by atoms with E-state index in [4.69, 9.17) is 26.3 Å². The van der Waals surface area contributed by atoms with Gasteiger partial charge in [-0.2, -0.15) is 31.2 Å². The molecule has 0 aromatic carbocycles. The molecule has 0 saturated heterocycles. The van der Waals surface area contributed by atoms with E-state index in [0.29, 0.717) is 0 Å². The third-order valence-electron chi connectivity index (χ3n) is 1.02. The molecule has 0 spiro atoms. The predicted octanol–water partition coefficient (Wildman–Crippen LogP) is -0.440. The monoisotopic (exact) mass is 156 g/mol. The van der Waals surface area contributed by atoms with Crippen molar-refractivity contribution in [2.75, 3.05) is 0 Å². The van der Waals surface area contributed by atoms with Gasteiger partial charge >= 0.3 is 5.54 Å². The molecule has 0 aromatic heterocycles. The molecule has 0 bridgehead atoms. The third kappa shape index (κ3) is 1.07. The maximum Gasteiger partial charge on any atom is 0.321 e. The van der Waals surface area contributed by atoms with E-state index in [1.54, 1.807) is 0 Å². The molecule has 0 atom stereocenters. The molecule has 0 rings (SSSR count). The van der Waals surface area contributed by atoms with Gasteiger partial charge in [0.25, 0.3) is 0 Å². The molecule has 0 aliphatic carbocycles. The third-order valence-corrected chi connectivity index (χ3v) is 1.02. The summed E-state index contributed by atoms with van der Waals surface area (Å²) in [4.78, 5) is 0.132. The minimum absolute atomic E-state index is 0.132. The Morgan fingerprint density at radius 1 is 0.750 bits per heavy atom. The van der Waals surface area contributed by atoms with Crippen LogP contribution in [0.15, 0.2) is 0 Å². The van der Waals surface area contributed by atoms with Crippen LogP contribution in [0.4, 0.5) is 0 Å². The summed E-state index contributed by atoms with van der Waals surface area (Å²) in [6.45, 7) is 0. The lowest BCUT2D eigenvalue weighted by atomic mass is 10.1. The first-order chi connectivity index (χ1) is 5.70. The van der Waals surface area contributed by atoms with Crippen molar-refractivity contribution in [3.63, 3.8) is 0 Å². The fraction of sp³-hybridized carbons (Fsp3) is 0.167. The molecule has 0 N–H and O–H groups in total. The van der Waals surface area contributed by atoms with Gasteiger partial charge in [-0.1, -0.05) is 0 Å². The fourth-order valence-electron chi connectivity index (χ4n) is 0.397. The van der Waals surface area contributed by atoms with Gasteiger partial charge in [-0.3, -0.25) is 0 Å². The summed E-state index contributed by atoms with van der Waals surface area (Å²) in [5.41, 5.74) is -2.33. The Balaban J connectivity index is 5.27. The molecule has 0 amide bonds. The van der Waals surface area contributed by atoms with Crippen LogP contribution in [0, 0.1) is 56.9 Å². The normalized spacial score (nSPS) is 7.58. The molecular formula is C6N6. The smallest absolute Gasteiger partial charge is 0.193 e. The molecule has 6 nitrogen and oxygen atoms in total. The zero-order valence-electron chi connectivity index (χ0n) is 5.68. The van der Waals surface area contributed by atoms with Crippen molar-refractivity contribution < 1.29 is 0 Å². The topological polar surface area (TPSA) is 122 Å². The molecule has 0 aliphatic rings. The lowest BCUT2D eigenvalue weighted by Crippen LogP contribution is -2.39. The molecule has 0 aliphatic heterocycles. The average Bonchev–Trinajstić information content (AvgIpc) is 2.14. The van der Waals surface area contributed by atoms with Gasteiger partial charge in [-0.05, 0) is 0 Å². The Hall–Kier alpha value is -2.75. The highest BCUT2D eigenvalue weighted by Gasteiger charge is 2.38. The molecule has 6 heteroatoms. The maximum atomic E-state index is 8.37. The summed E-state index contributed by atoms with van der Waals surface area (Å²) < 4.78 is 0. The summed E-state index contributed by atoms with van der Waals surface area (Å²) in [6, 6.07) is 3.83. The van der Waals surface area contributed by atoms with Gasteiger partial charge in [0, 0.05) is 0 Å². The molecule has 0 unspecified atom stereocenters. The van der Waals surface area contributed by atoms with Gasteiger partial charge in [0.2, 0.25) is 0 Å². The van der Waals surface area contributed by atoms with Crippen LogP contribution in [0.3, 0.4) is 0 Å². The van der Waals surface area contributed by atoms with Crippen LogP contribution in [0.5, 0.6) is 0 Å². The van der Waals surface area contributed by atoms with Crippen LogP contribution < -0.4 is 0 Å². The number of hydrogen-bond donors (Lipinski definition) is 0. The Labute approximate surface area is 68.3 Å². The van der Waals surface area contributed by atoms with Gasteiger partial charge in [-0.15, -0.1) is 0 Å². The number of nitriles is 5. The van der Waals surface area contributed by atoms with Crippen LogP contribution in [0.1, 0.15) is 0 Å². The SMILES string of the molecule is N#CN(C#N)C(C#N)(C#N)C#N. The highest BCUT2D eigenvalue weighted by atomic mass is 15.2. The molecule has 12 heavy (non-hydrogen) atoms. The molecule has 54 valence electrons. The van der Waals surface area contributed by atoms with E-state index >= 15 is 0 Å². The number of hydrogen-bond acceptors (Lipinski definition) is 6. The van der Waals surface area contributed by atoms with E-state index in [1.807, 2.05) is 0 Å². The quantitative estimate of drug-likeness (QED) is 0.374. The summed E-state index contributed by atoms with van der Waals surface area (Å²) in [5.74, 6) is 0. The first kappa shape index (κ1) is 9.25. The van der Waals surface area contributed by atoms with E-state index in [9.17, 15) is 0 Å². The van der Waals surface area contributed by atoms with Crippen LogP contribution in [0.25, 0.3) is 0 Å². The lowest BCUT2D eigenvalue weighted by Gasteiger charge is -2.11. The minimum Gasteiger partial charge on any atom is -0.193 e. The van der Waals surface area contributed by atoms with Gasteiger partial charge in [0.15, 0.2) is 12.4 Å². The van der Waals surface area contributed by atoms with Crippen LogP contribution in [-0.2, 0) is 0 Å². The highest BCUT2D eigenvalue weighted by Crippen LogP contribution is 2.09. The van der Waals surface area contributed by atoms with E-state index in [2.05, 4.69) is 0 Å². The number of rotatable bonds is 1. The second kappa shape index (κ2) is 3.43. The highest BCUT2D eigenvalue weighted by molar-refractivity contribution is 5.37. The molecular weight excluding hydrogens is 156 g/mol. The second-order valence-corrected chi connectivity index (χ2v) is 1.58. The Kier molecular flexibility index (Phi) is 2.64. The minimum atomic E-state index is -2.33. The van der Waals surface area contributed by atoms with Gasteiger partial charge in [-0.25, -0.2) is 0 Å². The van der Waals surface area contributed by atoms with Crippen LogP contribution in [0.2, 0.25) is 0 Å². The van der Waals surface area contributed by atoms with Gasteiger partial charge < -0.3 is 0 Å². The zero-order valence-corrected chi connectivity index (χ0v) is 5.68. The van der Waals surface area contributed by atoms with Crippen molar-refractivity contribution in [3.8, 4) is 30.6 Å². The summed E-state index contributed by atoms with van der Waals surface area (Å²) >= 11 is 0. The molecule has 0 saturated carbocycles. The summed E-state index contributed by atoms with van der Waals surface area (Å²) in [6.07, 6.45) is 2.50. The van der Waals surface area contributed by atoms with Crippen molar-refractivity contribution in [2.24, 2.45) is 0 Å². The van der Waals surface area contributed by atoms with E-state index in [0.717, 1.165) is 0 Å². The fourth-order valence-corrected chi connectivity index (χ4v) is 0.397. The van der Waals surface area contributed by atoms with Crippen LogP contribution >= 0.6 is 0 Å². The standard InChI is InChI=1S/C6N6/c7-1-6(2-8,3-9)12(4-10)5-11. The number of nitrogens with zero attached hydrogens (tertiary/aromatic N) is 6. The van der Waals surface area contributed by atoms with E-state index < -0.39 is 5.54 Å². The Morgan fingerprint density at radius 3 is 1.17 bits per heavy atom. The van der Waals surface area contributed by atoms with Crippen molar-refractivity contribution in [2.45, 2.75) is 5.54 Å². The van der Waals surface area contributed by atoms with Crippen molar-refractivity contribution >= 4 is 0 Å². The summed E-state index contributed by atoms with van der Waals surface area (Å²) in [7, 11) is 0. The second-order valence-electron chi connectivity index (χ2n) is 1.58. The largest absolute Gasteiger partial charge is 0.321 e. The van der Waals surface area contributed by atoms with E-state index in [-0.39, 0.29) is 4.90 Å². The van der Waals surface area contributed by atoms with Gasteiger partial charge in [0.1, 0.15) is 18.2 Å². The van der Waals surface area contributed by atoms with Gasteiger partial charge in [0.05, 0.1) is 0 Å². The Bertz CT molecular complexity index is 325. The molecule has 0 aromatic rings. The molecule has 0 heterocycles. The summed E-state index contributed by atoms with van der Waals surface area (Å²) in [5, 5.41) is 41.6. The lowest BCUT2D eigenvalue weighted by molar-refractivity contribution is 0.457.